The van der Waals surface area contributed by atoms with Crippen molar-refractivity contribution in [3.8, 4) is 0 Å². The third-order valence-electron chi connectivity index (χ3n) is 5.51. The highest BCUT2D eigenvalue weighted by Crippen LogP contribution is 2.20. The van der Waals surface area contributed by atoms with Gasteiger partial charge in [0.15, 0.2) is 5.43 Å². The predicted molar refractivity (Wildman–Crippen MR) is 125 cm³/mol. The molecule has 3 aromatic carbocycles. The first-order chi connectivity index (χ1) is 15.6. The zero-order chi connectivity index (χ0) is 22.1. The van der Waals surface area contributed by atoms with Gasteiger partial charge in [-0.3, -0.25) is 9.59 Å². The van der Waals surface area contributed by atoms with Gasteiger partial charge in [-0.15, -0.1) is 5.10 Å². The number of amides is 1. The zero-order valence-corrected chi connectivity index (χ0v) is 17.5. The fourth-order valence-electron chi connectivity index (χ4n) is 3.95. The van der Waals surface area contributed by atoms with Crippen LogP contribution in [0.1, 0.15) is 11.3 Å². The number of hydrogen-bond donors (Lipinski definition) is 1. The maximum absolute atomic E-state index is 12.9. The topological polar surface area (TPSA) is 81.8 Å². The van der Waals surface area contributed by atoms with E-state index in [1.807, 2.05) is 79.7 Å². The fourth-order valence-corrected chi connectivity index (χ4v) is 3.95. The second-order valence-electron chi connectivity index (χ2n) is 7.72. The Bertz CT molecular complexity index is 1460. The van der Waals surface area contributed by atoms with Crippen LogP contribution in [0.2, 0.25) is 0 Å². The summed E-state index contributed by atoms with van der Waals surface area (Å²) >= 11 is 0. The van der Waals surface area contributed by atoms with Crippen molar-refractivity contribution in [2.75, 3.05) is 5.32 Å². The fraction of sp³-hybridized carbons (Fsp3) is 0.120. The molecular weight excluding hydrogens is 402 g/mol. The summed E-state index contributed by atoms with van der Waals surface area (Å²) in [6.45, 7) is 2.44. The van der Waals surface area contributed by atoms with E-state index < -0.39 is 0 Å². The first kappa shape index (κ1) is 19.7. The van der Waals surface area contributed by atoms with Gasteiger partial charge in [0.2, 0.25) is 5.91 Å². The lowest BCUT2D eigenvalue weighted by molar-refractivity contribution is -0.116. The van der Waals surface area contributed by atoms with Gasteiger partial charge in [0, 0.05) is 16.5 Å². The number of carbonyl (C=O) groups excluding carboxylic acids is 1. The molecule has 2 aromatic heterocycles. The Kier molecular flexibility index (Phi) is 4.99. The van der Waals surface area contributed by atoms with E-state index in [0.29, 0.717) is 23.0 Å². The van der Waals surface area contributed by atoms with Gasteiger partial charge in [0.1, 0.15) is 12.2 Å². The lowest BCUT2D eigenvalue weighted by atomic mass is 10.1. The Morgan fingerprint density at radius 2 is 1.53 bits per heavy atom. The quantitative estimate of drug-likeness (QED) is 0.437. The minimum atomic E-state index is -0.171. The van der Waals surface area contributed by atoms with Crippen molar-refractivity contribution in [2.24, 2.45) is 0 Å². The lowest BCUT2D eigenvalue weighted by Gasteiger charge is -2.13. The molecule has 0 atom stereocenters. The van der Waals surface area contributed by atoms with Crippen molar-refractivity contribution in [3.63, 3.8) is 0 Å². The van der Waals surface area contributed by atoms with Crippen LogP contribution in [0.5, 0.6) is 0 Å². The minimum absolute atomic E-state index is 0.0176. The summed E-state index contributed by atoms with van der Waals surface area (Å²) in [5, 5.41) is 12.6. The molecule has 0 aliphatic carbocycles. The summed E-state index contributed by atoms with van der Waals surface area (Å²) in [6, 6.07) is 22.7. The molecule has 32 heavy (non-hydrogen) atoms. The summed E-state index contributed by atoms with van der Waals surface area (Å²) in [5.41, 5.74) is 4.17. The Labute approximate surface area is 183 Å². The zero-order valence-electron chi connectivity index (χ0n) is 17.5. The number of para-hydroxylation sites is 3. The second kappa shape index (κ2) is 8.11. The standard InChI is InChI=1S/C25H21N5O2/c1-17-8-2-5-11-21(17)26-24(31)16-29-14-18(27-28-29)15-30-22-12-6-3-9-19(22)25(32)20-10-4-7-13-23(20)30/h2-14H,15-16H2,1H3,(H,26,31). The highest BCUT2D eigenvalue weighted by atomic mass is 16.2. The second-order valence-corrected chi connectivity index (χ2v) is 7.72. The number of carbonyl (C=O) groups is 1. The molecule has 7 nitrogen and oxygen atoms in total. The van der Waals surface area contributed by atoms with E-state index in [2.05, 4.69) is 20.2 Å². The molecule has 0 fully saturated rings. The third kappa shape index (κ3) is 3.65. The highest BCUT2D eigenvalue weighted by molar-refractivity contribution is 5.93. The SMILES string of the molecule is Cc1ccccc1NC(=O)Cn1cc(Cn2c3ccccc3c(=O)c3ccccc32)nn1. The van der Waals surface area contributed by atoms with Crippen molar-refractivity contribution < 1.29 is 4.79 Å². The summed E-state index contributed by atoms with van der Waals surface area (Å²) in [7, 11) is 0. The van der Waals surface area contributed by atoms with E-state index in [-0.39, 0.29) is 17.9 Å². The maximum Gasteiger partial charge on any atom is 0.246 e. The van der Waals surface area contributed by atoms with E-state index >= 15 is 0 Å². The Morgan fingerprint density at radius 1 is 0.906 bits per heavy atom. The molecule has 0 saturated heterocycles. The molecule has 5 aromatic rings. The van der Waals surface area contributed by atoms with Gasteiger partial charge in [-0.2, -0.15) is 0 Å². The Morgan fingerprint density at radius 3 is 2.22 bits per heavy atom. The summed E-state index contributed by atoms with van der Waals surface area (Å²) in [4.78, 5) is 25.4. The molecular formula is C25H21N5O2. The first-order valence-electron chi connectivity index (χ1n) is 10.3. The molecule has 1 N–H and O–H groups in total. The van der Waals surface area contributed by atoms with Crippen LogP contribution >= 0.6 is 0 Å². The number of hydrogen-bond acceptors (Lipinski definition) is 4. The number of aromatic nitrogens is 4. The van der Waals surface area contributed by atoms with Crippen molar-refractivity contribution in [1.82, 2.24) is 19.6 Å². The number of pyridine rings is 1. The van der Waals surface area contributed by atoms with Crippen LogP contribution in [0.15, 0.2) is 83.8 Å². The molecule has 0 unspecified atom stereocenters. The molecule has 1 amide bonds. The van der Waals surface area contributed by atoms with Crippen molar-refractivity contribution in [3.05, 3.63) is 100 Å². The Balaban J connectivity index is 1.43. The molecule has 0 spiro atoms. The normalized spacial score (nSPS) is 11.2. The predicted octanol–water partition coefficient (Wildman–Crippen LogP) is 3.74. The molecule has 0 bridgehead atoms. The number of aryl methyl sites for hydroxylation is 1. The molecule has 5 rings (SSSR count). The lowest BCUT2D eigenvalue weighted by Crippen LogP contribution is -2.19. The Hall–Kier alpha value is -4.26. The molecule has 158 valence electrons. The van der Waals surface area contributed by atoms with E-state index in [1.165, 1.54) is 4.68 Å². The highest BCUT2D eigenvalue weighted by Gasteiger charge is 2.13. The smallest absolute Gasteiger partial charge is 0.246 e. The van der Waals surface area contributed by atoms with Gasteiger partial charge in [-0.25, -0.2) is 4.68 Å². The average Bonchev–Trinajstić information content (AvgIpc) is 3.25. The van der Waals surface area contributed by atoms with E-state index in [4.69, 9.17) is 0 Å². The summed E-state index contributed by atoms with van der Waals surface area (Å²) in [5.74, 6) is -0.171. The number of benzene rings is 3. The molecule has 0 radical (unpaired) electrons. The van der Waals surface area contributed by atoms with Crippen LogP contribution in [0, 0.1) is 6.92 Å². The van der Waals surface area contributed by atoms with Crippen LogP contribution in [-0.2, 0) is 17.9 Å². The number of rotatable bonds is 5. The van der Waals surface area contributed by atoms with Gasteiger partial charge in [-0.05, 0) is 42.8 Å². The molecule has 0 aliphatic heterocycles. The van der Waals surface area contributed by atoms with E-state index in [9.17, 15) is 9.59 Å². The van der Waals surface area contributed by atoms with Gasteiger partial charge in [0.05, 0.1) is 23.8 Å². The maximum atomic E-state index is 12.9. The van der Waals surface area contributed by atoms with Gasteiger partial charge >= 0.3 is 0 Å². The van der Waals surface area contributed by atoms with Gasteiger partial charge in [0.25, 0.3) is 0 Å². The van der Waals surface area contributed by atoms with Crippen molar-refractivity contribution in [2.45, 2.75) is 20.0 Å². The van der Waals surface area contributed by atoms with Gasteiger partial charge in [-0.1, -0.05) is 47.7 Å². The average molecular weight is 423 g/mol. The number of nitrogens with zero attached hydrogens (tertiary/aromatic N) is 4. The van der Waals surface area contributed by atoms with Crippen molar-refractivity contribution in [1.29, 1.82) is 0 Å². The minimum Gasteiger partial charge on any atom is -0.334 e. The molecule has 0 aliphatic rings. The summed E-state index contributed by atoms with van der Waals surface area (Å²) < 4.78 is 3.59. The van der Waals surface area contributed by atoms with Crippen LogP contribution in [0.3, 0.4) is 0 Å². The molecule has 0 saturated carbocycles. The number of anilines is 1. The first-order valence-corrected chi connectivity index (χ1v) is 10.3. The monoisotopic (exact) mass is 423 g/mol. The van der Waals surface area contributed by atoms with Crippen LogP contribution in [0.25, 0.3) is 21.8 Å². The molecule has 7 heteroatoms. The van der Waals surface area contributed by atoms with Crippen molar-refractivity contribution >= 4 is 33.4 Å². The largest absolute Gasteiger partial charge is 0.334 e. The van der Waals surface area contributed by atoms with Crippen LogP contribution in [0.4, 0.5) is 5.69 Å². The van der Waals surface area contributed by atoms with Gasteiger partial charge < -0.3 is 9.88 Å². The molecule has 2 heterocycles. The van der Waals surface area contributed by atoms with E-state index in [1.54, 1.807) is 6.20 Å². The van der Waals surface area contributed by atoms with E-state index in [0.717, 1.165) is 22.3 Å². The number of nitrogens with one attached hydrogen (secondary N) is 1. The summed E-state index contributed by atoms with van der Waals surface area (Å²) in [6.07, 6.45) is 1.76. The van der Waals surface area contributed by atoms with Crippen LogP contribution in [-0.4, -0.2) is 25.5 Å². The van der Waals surface area contributed by atoms with Crippen LogP contribution < -0.4 is 10.7 Å². The number of fused-ring (bicyclic) bond motifs is 2. The third-order valence-corrected chi connectivity index (χ3v) is 5.51.